The van der Waals surface area contributed by atoms with Crippen LogP contribution in [0, 0.1) is 10.1 Å². The van der Waals surface area contributed by atoms with Gasteiger partial charge in [-0.3, -0.25) is 15.1 Å². The second kappa shape index (κ2) is 5.83. The molecule has 0 aromatic heterocycles. The molecule has 0 aliphatic rings. The summed E-state index contributed by atoms with van der Waals surface area (Å²) in [5, 5.41) is 20.3. The average Bonchev–Trinajstić information content (AvgIpc) is 2.46. The molecule has 0 aliphatic heterocycles. The van der Waals surface area contributed by atoms with Crippen LogP contribution in [0.1, 0.15) is 5.56 Å². The molecule has 102 valence electrons. The van der Waals surface area contributed by atoms with Gasteiger partial charge in [0.05, 0.1) is 12.0 Å². The predicted molar refractivity (Wildman–Crippen MR) is 75.0 cm³/mol. The van der Waals surface area contributed by atoms with E-state index in [1.807, 2.05) is 0 Å². The number of methoxy groups -OCH3 is 1. The highest BCUT2D eigenvalue weighted by atomic mass is 16.6. The standard InChI is InChI=1S/C14H12N2O4/c1-20-12-5-2-10(3-6-12)9-15-13-8-11(16(18)19)4-7-14(13)17/h2-9,17H,1H3. The first kappa shape index (κ1) is 13.5. The minimum absolute atomic E-state index is 0.111. The van der Waals surface area contributed by atoms with Crippen molar-refractivity contribution in [2.75, 3.05) is 7.11 Å². The fourth-order valence-electron chi connectivity index (χ4n) is 1.56. The molecule has 0 saturated carbocycles. The van der Waals surface area contributed by atoms with Gasteiger partial charge in [-0.1, -0.05) is 0 Å². The molecule has 1 N–H and O–H groups in total. The molecule has 20 heavy (non-hydrogen) atoms. The summed E-state index contributed by atoms with van der Waals surface area (Å²) >= 11 is 0. The summed E-state index contributed by atoms with van der Waals surface area (Å²) in [5.41, 5.74) is 0.816. The highest BCUT2D eigenvalue weighted by Crippen LogP contribution is 2.30. The second-order valence-electron chi connectivity index (χ2n) is 3.96. The monoisotopic (exact) mass is 272 g/mol. The zero-order chi connectivity index (χ0) is 14.5. The van der Waals surface area contributed by atoms with Gasteiger partial charge in [-0.15, -0.1) is 0 Å². The smallest absolute Gasteiger partial charge is 0.271 e. The number of benzene rings is 2. The Hall–Kier alpha value is -2.89. The zero-order valence-corrected chi connectivity index (χ0v) is 10.7. The normalized spacial score (nSPS) is 10.7. The Balaban J connectivity index is 2.25. The Morgan fingerprint density at radius 1 is 1.25 bits per heavy atom. The molecule has 0 amide bonds. The summed E-state index contributed by atoms with van der Waals surface area (Å²) in [6, 6.07) is 10.8. The molecule has 2 aromatic rings. The highest BCUT2D eigenvalue weighted by Gasteiger charge is 2.08. The van der Waals surface area contributed by atoms with E-state index >= 15 is 0 Å². The minimum atomic E-state index is -0.536. The molecule has 2 rings (SSSR count). The van der Waals surface area contributed by atoms with E-state index < -0.39 is 4.92 Å². The summed E-state index contributed by atoms with van der Waals surface area (Å²) in [6.07, 6.45) is 1.51. The second-order valence-corrected chi connectivity index (χ2v) is 3.96. The van der Waals surface area contributed by atoms with E-state index in [9.17, 15) is 15.2 Å². The third-order valence-electron chi connectivity index (χ3n) is 2.64. The molecule has 6 heteroatoms. The van der Waals surface area contributed by atoms with Crippen molar-refractivity contribution < 1.29 is 14.8 Å². The Bertz CT molecular complexity index is 651. The number of phenolic OH excluding ortho intramolecular Hbond substituents is 1. The van der Waals surface area contributed by atoms with Gasteiger partial charge in [-0.05, 0) is 35.9 Å². The third kappa shape index (κ3) is 3.11. The topological polar surface area (TPSA) is 85.0 Å². The molecule has 0 saturated heterocycles. The maximum atomic E-state index is 10.7. The number of rotatable bonds is 4. The molecule has 0 unspecified atom stereocenters. The fraction of sp³-hybridized carbons (Fsp3) is 0.0714. The van der Waals surface area contributed by atoms with Crippen molar-refractivity contribution in [2.24, 2.45) is 4.99 Å². The quantitative estimate of drug-likeness (QED) is 0.526. The van der Waals surface area contributed by atoms with Gasteiger partial charge in [0.1, 0.15) is 17.2 Å². The lowest BCUT2D eigenvalue weighted by molar-refractivity contribution is -0.384. The number of ether oxygens (including phenoxy) is 1. The first-order valence-electron chi connectivity index (χ1n) is 5.75. The first-order chi connectivity index (χ1) is 9.60. The number of hydrogen-bond donors (Lipinski definition) is 1. The number of nitro benzene ring substituents is 1. The summed E-state index contributed by atoms with van der Waals surface area (Å²) in [5.74, 6) is 0.612. The number of phenols is 1. The van der Waals surface area contributed by atoms with E-state index in [1.54, 1.807) is 31.4 Å². The van der Waals surface area contributed by atoms with Gasteiger partial charge in [-0.25, -0.2) is 0 Å². The fourth-order valence-corrected chi connectivity index (χ4v) is 1.56. The van der Waals surface area contributed by atoms with Crippen LogP contribution < -0.4 is 4.74 Å². The summed E-state index contributed by atoms with van der Waals surface area (Å²) < 4.78 is 5.03. The minimum Gasteiger partial charge on any atom is -0.506 e. The SMILES string of the molecule is COc1ccc(C=Nc2cc([N+](=O)[O-])ccc2O)cc1. The third-order valence-corrected chi connectivity index (χ3v) is 2.64. The number of nitro groups is 1. The molecule has 0 aliphatic carbocycles. The number of aromatic hydroxyl groups is 1. The molecule has 0 heterocycles. The number of hydrogen-bond acceptors (Lipinski definition) is 5. The molecule has 6 nitrogen and oxygen atoms in total. The molecule has 2 aromatic carbocycles. The van der Waals surface area contributed by atoms with Crippen molar-refractivity contribution in [3.8, 4) is 11.5 Å². The van der Waals surface area contributed by atoms with Crippen LogP contribution in [0.5, 0.6) is 11.5 Å². The van der Waals surface area contributed by atoms with Crippen molar-refractivity contribution in [3.63, 3.8) is 0 Å². The van der Waals surface area contributed by atoms with E-state index in [-0.39, 0.29) is 17.1 Å². The van der Waals surface area contributed by atoms with Gasteiger partial charge in [0, 0.05) is 18.3 Å². The van der Waals surface area contributed by atoms with Crippen LogP contribution in [-0.4, -0.2) is 23.4 Å². The zero-order valence-electron chi connectivity index (χ0n) is 10.7. The average molecular weight is 272 g/mol. The van der Waals surface area contributed by atoms with Gasteiger partial charge in [-0.2, -0.15) is 0 Å². The van der Waals surface area contributed by atoms with Crippen LogP contribution in [0.4, 0.5) is 11.4 Å². The molecule has 0 fully saturated rings. The molecule has 0 spiro atoms. The van der Waals surface area contributed by atoms with E-state index in [0.717, 1.165) is 11.3 Å². The van der Waals surface area contributed by atoms with Crippen LogP contribution in [0.3, 0.4) is 0 Å². The van der Waals surface area contributed by atoms with E-state index in [2.05, 4.69) is 4.99 Å². The van der Waals surface area contributed by atoms with E-state index in [1.165, 1.54) is 24.4 Å². The van der Waals surface area contributed by atoms with E-state index in [0.29, 0.717) is 0 Å². The maximum absolute atomic E-state index is 10.7. The lowest BCUT2D eigenvalue weighted by Crippen LogP contribution is -1.87. The molecule has 0 bridgehead atoms. The Morgan fingerprint density at radius 2 is 1.95 bits per heavy atom. The largest absolute Gasteiger partial charge is 0.506 e. The molecular formula is C14H12N2O4. The number of aliphatic imine (C=N–C) groups is 1. The predicted octanol–water partition coefficient (Wildman–Crippen LogP) is 3.06. The van der Waals surface area contributed by atoms with Crippen molar-refractivity contribution in [1.82, 2.24) is 0 Å². The highest BCUT2D eigenvalue weighted by molar-refractivity contribution is 5.83. The lowest BCUT2D eigenvalue weighted by atomic mass is 10.2. The lowest BCUT2D eigenvalue weighted by Gasteiger charge is -2.00. The molecule has 0 radical (unpaired) electrons. The number of non-ortho nitro benzene ring substituents is 1. The van der Waals surface area contributed by atoms with Gasteiger partial charge in [0.2, 0.25) is 0 Å². The summed E-state index contributed by atoms with van der Waals surface area (Å²) in [7, 11) is 1.57. The summed E-state index contributed by atoms with van der Waals surface area (Å²) in [6.45, 7) is 0. The van der Waals surface area contributed by atoms with Gasteiger partial charge < -0.3 is 9.84 Å². The van der Waals surface area contributed by atoms with Crippen LogP contribution in [0.25, 0.3) is 0 Å². The molecular weight excluding hydrogens is 260 g/mol. The number of nitrogens with zero attached hydrogens (tertiary/aromatic N) is 2. The van der Waals surface area contributed by atoms with Gasteiger partial charge in [0.15, 0.2) is 0 Å². The van der Waals surface area contributed by atoms with Crippen LogP contribution in [-0.2, 0) is 0 Å². The van der Waals surface area contributed by atoms with Crippen LogP contribution >= 0.6 is 0 Å². The Morgan fingerprint density at radius 3 is 2.55 bits per heavy atom. The maximum Gasteiger partial charge on any atom is 0.271 e. The van der Waals surface area contributed by atoms with E-state index in [4.69, 9.17) is 4.74 Å². The van der Waals surface area contributed by atoms with Crippen molar-refractivity contribution >= 4 is 17.6 Å². The van der Waals surface area contributed by atoms with Crippen molar-refractivity contribution in [1.29, 1.82) is 0 Å². The van der Waals surface area contributed by atoms with Gasteiger partial charge in [0.25, 0.3) is 5.69 Å². The summed E-state index contributed by atoms with van der Waals surface area (Å²) in [4.78, 5) is 14.2. The van der Waals surface area contributed by atoms with Gasteiger partial charge >= 0.3 is 0 Å². The van der Waals surface area contributed by atoms with Crippen molar-refractivity contribution in [3.05, 3.63) is 58.1 Å². The first-order valence-corrected chi connectivity index (χ1v) is 5.75. The molecule has 0 atom stereocenters. The Kier molecular flexibility index (Phi) is 3.95. The Labute approximate surface area is 115 Å². The van der Waals surface area contributed by atoms with Crippen LogP contribution in [0.2, 0.25) is 0 Å². The van der Waals surface area contributed by atoms with Crippen LogP contribution in [0.15, 0.2) is 47.5 Å². The van der Waals surface area contributed by atoms with Crippen molar-refractivity contribution in [2.45, 2.75) is 0 Å².